The molecule has 8 nitrogen and oxygen atoms in total. The molecule has 2 aromatic carbocycles. The zero-order valence-electron chi connectivity index (χ0n) is 10.7. The highest BCUT2D eigenvalue weighted by Gasteiger charge is 2.26. The van der Waals surface area contributed by atoms with Crippen molar-refractivity contribution >= 4 is 20.2 Å². The molecule has 0 aliphatic heterocycles. The largest absolute Gasteiger partial charge is 0.504 e. The summed E-state index contributed by atoms with van der Waals surface area (Å²) in [5.74, 6) is -2.27. The van der Waals surface area contributed by atoms with Crippen LogP contribution in [0.3, 0.4) is 0 Å². The van der Waals surface area contributed by atoms with Crippen LogP contribution in [0.1, 0.15) is 0 Å². The number of para-hydroxylation sites is 2. The summed E-state index contributed by atoms with van der Waals surface area (Å²) in [5, 5.41) is 18.9. The summed E-state index contributed by atoms with van der Waals surface area (Å²) in [6.07, 6.45) is 0. The molecule has 0 heterocycles. The van der Waals surface area contributed by atoms with Crippen molar-refractivity contribution in [3.05, 3.63) is 42.5 Å². The predicted molar refractivity (Wildman–Crippen MR) is 73.8 cm³/mol. The van der Waals surface area contributed by atoms with E-state index >= 15 is 0 Å². The third-order valence-electron chi connectivity index (χ3n) is 2.57. The van der Waals surface area contributed by atoms with E-state index in [4.69, 9.17) is 4.55 Å². The molecule has 0 spiro atoms. The van der Waals surface area contributed by atoms with Crippen molar-refractivity contribution in [2.75, 3.05) is 0 Å². The van der Waals surface area contributed by atoms with Crippen LogP contribution >= 0.6 is 0 Å². The molecule has 3 N–H and O–H groups in total. The second kappa shape index (κ2) is 5.48. The molecule has 2 aromatic rings. The highest BCUT2D eigenvalue weighted by Crippen LogP contribution is 2.34. The van der Waals surface area contributed by atoms with Crippen LogP contribution in [-0.2, 0) is 20.2 Å². The van der Waals surface area contributed by atoms with Crippen LogP contribution < -0.4 is 4.18 Å². The fraction of sp³-hybridized carbons (Fsp3) is 0. The quantitative estimate of drug-likeness (QED) is 0.425. The van der Waals surface area contributed by atoms with Gasteiger partial charge in [-0.2, -0.15) is 16.8 Å². The van der Waals surface area contributed by atoms with Crippen molar-refractivity contribution in [2.24, 2.45) is 0 Å². The molecule has 0 fully saturated rings. The molecule has 0 aliphatic carbocycles. The van der Waals surface area contributed by atoms with Gasteiger partial charge in [-0.15, -0.1) is 0 Å². The van der Waals surface area contributed by atoms with Gasteiger partial charge in [-0.25, -0.2) is 0 Å². The lowest BCUT2D eigenvalue weighted by atomic mass is 10.3. The number of phenols is 2. The van der Waals surface area contributed by atoms with E-state index in [-0.39, 0.29) is 0 Å². The summed E-state index contributed by atoms with van der Waals surface area (Å²) in [4.78, 5) is -1.50. The molecule has 0 aliphatic rings. The van der Waals surface area contributed by atoms with Gasteiger partial charge in [0, 0.05) is 0 Å². The van der Waals surface area contributed by atoms with Gasteiger partial charge in [0.1, 0.15) is 4.90 Å². The first-order valence-electron chi connectivity index (χ1n) is 5.65. The molecule has 0 aromatic heterocycles. The normalized spacial score (nSPS) is 12.0. The van der Waals surface area contributed by atoms with E-state index in [2.05, 4.69) is 4.18 Å². The Bertz CT molecular complexity index is 916. The Morgan fingerprint density at radius 1 is 0.818 bits per heavy atom. The minimum Gasteiger partial charge on any atom is -0.504 e. The predicted octanol–water partition coefficient (Wildman–Crippen LogP) is 1.11. The fourth-order valence-electron chi connectivity index (χ4n) is 1.61. The summed E-state index contributed by atoms with van der Waals surface area (Å²) >= 11 is 0. The highest BCUT2D eigenvalue weighted by molar-refractivity contribution is 7.87. The van der Waals surface area contributed by atoms with E-state index in [0.717, 1.165) is 30.3 Å². The van der Waals surface area contributed by atoms with Gasteiger partial charge in [0.2, 0.25) is 0 Å². The van der Waals surface area contributed by atoms with E-state index in [1.54, 1.807) is 0 Å². The van der Waals surface area contributed by atoms with Crippen molar-refractivity contribution in [2.45, 2.75) is 9.79 Å². The van der Waals surface area contributed by atoms with E-state index < -0.39 is 47.3 Å². The number of rotatable bonds is 4. The molecule has 0 radical (unpaired) electrons. The topological polar surface area (TPSA) is 138 Å². The summed E-state index contributed by atoms with van der Waals surface area (Å²) < 4.78 is 60.2. The van der Waals surface area contributed by atoms with Gasteiger partial charge in [-0.1, -0.05) is 18.2 Å². The van der Waals surface area contributed by atoms with E-state index in [1.165, 1.54) is 12.1 Å². The van der Waals surface area contributed by atoms with Crippen molar-refractivity contribution in [1.29, 1.82) is 0 Å². The Balaban J connectivity index is 2.54. The number of aromatic hydroxyl groups is 2. The molecular weight excluding hydrogens is 336 g/mol. The summed E-state index contributed by atoms with van der Waals surface area (Å²) in [7, 11) is -9.34. The van der Waals surface area contributed by atoms with Gasteiger partial charge in [0.15, 0.2) is 22.1 Å². The van der Waals surface area contributed by atoms with Gasteiger partial charge in [-0.3, -0.25) is 4.55 Å². The second-order valence-corrected chi connectivity index (χ2v) is 6.99. The molecule has 22 heavy (non-hydrogen) atoms. The van der Waals surface area contributed by atoms with Gasteiger partial charge in [-0.05, 0) is 24.3 Å². The van der Waals surface area contributed by atoms with Gasteiger partial charge in [0.05, 0.1) is 0 Å². The number of hydrogen-bond acceptors (Lipinski definition) is 7. The lowest BCUT2D eigenvalue weighted by Crippen LogP contribution is -2.12. The molecule has 2 rings (SSSR count). The van der Waals surface area contributed by atoms with Crippen molar-refractivity contribution in [1.82, 2.24) is 0 Å². The van der Waals surface area contributed by atoms with E-state index in [9.17, 15) is 27.0 Å². The molecule has 0 unspecified atom stereocenters. The van der Waals surface area contributed by atoms with Gasteiger partial charge < -0.3 is 14.4 Å². The van der Waals surface area contributed by atoms with E-state index in [1.807, 2.05) is 0 Å². The van der Waals surface area contributed by atoms with Gasteiger partial charge in [0.25, 0.3) is 10.1 Å². The fourth-order valence-corrected chi connectivity index (χ4v) is 3.33. The third-order valence-corrected chi connectivity index (χ3v) is 4.73. The minimum absolute atomic E-state index is 0.646. The molecule has 118 valence electrons. The van der Waals surface area contributed by atoms with Crippen LogP contribution in [0.25, 0.3) is 0 Å². The third kappa shape index (κ3) is 3.13. The number of benzene rings is 2. The SMILES string of the molecule is O=S(=O)(O)c1ccccc1OS(=O)(=O)c1cccc(O)c1O. The first kappa shape index (κ1) is 16.1. The first-order valence-corrected chi connectivity index (χ1v) is 8.50. The van der Waals surface area contributed by atoms with Crippen LogP contribution in [0.4, 0.5) is 0 Å². The maximum Gasteiger partial charge on any atom is 0.343 e. The molecule has 0 saturated carbocycles. The maximum atomic E-state index is 12.1. The molecule has 0 bridgehead atoms. The lowest BCUT2D eigenvalue weighted by molar-refractivity contribution is 0.389. The molecule has 10 heteroatoms. The number of phenolic OH excluding ortho intramolecular Hbond substituents is 2. The van der Waals surface area contributed by atoms with Crippen molar-refractivity contribution in [3.63, 3.8) is 0 Å². The standard InChI is InChI=1S/C12H10O8S2/c13-8-4-3-7-11(12(8)14)22(18,19)20-9-5-1-2-6-10(9)21(15,16)17/h1-7,13-14H,(H,15,16,17). The van der Waals surface area contributed by atoms with Crippen LogP contribution in [0.2, 0.25) is 0 Å². The Hall–Kier alpha value is -2.30. The Morgan fingerprint density at radius 2 is 1.41 bits per heavy atom. The summed E-state index contributed by atoms with van der Waals surface area (Å²) in [6, 6.07) is 7.68. The monoisotopic (exact) mass is 346 g/mol. The Kier molecular flexibility index (Phi) is 4.00. The smallest absolute Gasteiger partial charge is 0.343 e. The van der Waals surface area contributed by atoms with Crippen LogP contribution in [-0.4, -0.2) is 31.6 Å². The average molecular weight is 346 g/mol. The first-order chi connectivity index (χ1) is 10.1. The number of hydrogen-bond donors (Lipinski definition) is 3. The van der Waals surface area contributed by atoms with Crippen molar-refractivity contribution < 1.29 is 35.8 Å². The average Bonchev–Trinajstić information content (AvgIpc) is 2.40. The molecule has 0 amide bonds. The summed E-state index contributed by atoms with van der Waals surface area (Å²) in [6.45, 7) is 0. The van der Waals surface area contributed by atoms with Crippen LogP contribution in [0.15, 0.2) is 52.3 Å². The zero-order valence-corrected chi connectivity index (χ0v) is 12.4. The Morgan fingerprint density at radius 3 is 2.05 bits per heavy atom. The van der Waals surface area contributed by atoms with E-state index in [0.29, 0.717) is 0 Å². The van der Waals surface area contributed by atoms with Crippen LogP contribution in [0.5, 0.6) is 17.2 Å². The minimum atomic E-state index is -4.71. The lowest BCUT2D eigenvalue weighted by Gasteiger charge is -2.11. The second-order valence-electron chi connectivity index (χ2n) is 4.08. The molecule has 0 atom stereocenters. The summed E-state index contributed by atoms with van der Waals surface area (Å²) in [5.41, 5.74) is 0. The van der Waals surface area contributed by atoms with Gasteiger partial charge >= 0.3 is 10.1 Å². The molecule has 0 saturated heterocycles. The Labute approximate surface area is 126 Å². The van der Waals surface area contributed by atoms with Crippen molar-refractivity contribution in [3.8, 4) is 17.2 Å². The zero-order chi connectivity index (χ0) is 16.5. The highest BCUT2D eigenvalue weighted by atomic mass is 32.2. The van der Waals surface area contributed by atoms with Crippen LogP contribution in [0, 0.1) is 0 Å². The maximum absolute atomic E-state index is 12.1. The molecular formula is C12H10O8S2.